The molecule has 0 spiro atoms. The van der Waals surface area contributed by atoms with Crippen molar-refractivity contribution in [2.75, 3.05) is 13.1 Å². The van der Waals surface area contributed by atoms with E-state index in [-0.39, 0.29) is 5.91 Å². The third-order valence-corrected chi connectivity index (χ3v) is 3.15. The second-order valence-electron chi connectivity index (χ2n) is 6.31. The van der Waals surface area contributed by atoms with Crippen LogP contribution >= 0.6 is 0 Å². The lowest BCUT2D eigenvalue weighted by atomic mass is 10.1. The van der Waals surface area contributed by atoms with Crippen molar-refractivity contribution in [3.8, 4) is 0 Å². The molecule has 0 fully saturated rings. The molecule has 0 aromatic heterocycles. The van der Waals surface area contributed by atoms with Gasteiger partial charge < -0.3 is 4.90 Å². The second-order valence-corrected chi connectivity index (χ2v) is 6.31. The first-order chi connectivity index (χ1) is 9.36. The molecule has 0 saturated carbocycles. The van der Waals surface area contributed by atoms with Gasteiger partial charge in [-0.15, -0.1) is 0 Å². The van der Waals surface area contributed by atoms with E-state index in [9.17, 15) is 4.79 Å². The summed E-state index contributed by atoms with van der Waals surface area (Å²) in [5.74, 6) is 0.810. The zero-order valence-corrected chi connectivity index (χ0v) is 14.3. The van der Waals surface area contributed by atoms with E-state index < -0.39 is 0 Å². The highest BCUT2D eigenvalue weighted by molar-refractivity contribution is 5.76. The molecule has 0 rings (SSSR count). The molecule has 116 valence electrons. The number of allylic oxidation sites excluding steroid dienone is 3. The minimum absolute atomic E-state index is 0.287. The monoisotopic (exact) mass is 279 g/mol. The summed E-state index contributed by atoms with van der Waals surface area (Å²) in [6.45, 7) is 14.4. The molecule has 0 heterocycles. The molecule has 0 bridgehead atoms. The topological polar surface area (TPSA) is 20.3 Å². The molecule has 0 aliphatic carbocycles. The highest BCUT2D eigenvalue weighted by atomic mass is 16.2. The highest BCUT2D eigenvalue weighted by Gasteiger charge is 2.12. The Morgan fingerprint density at radius 3 is 2.25 bits per heavy atom. The third kappa shape index (κ3) is 9.82. The molecule has 1 amide bonds. The second kappa shape index (κ2) is 10.7. The van der Waals surface area contributed by atoms with Crippen molar-refractivity contribution >= 4 is 5.91 Å². The number of amides is 1. The van der Waals surface area contributed by atoms with E-state index in [0.717, 1.165) is 32.4 Å². The van der Waals surface area contributed by atoms with Gasteiger partial charge in [-0.2, -0.15) is 0 Å². The number of carbonyl (C=O) groups excluding carboxylic acids is 1. The molecule has 0 unspecified atom stereocenters. The predicted molar refractivity (Wildman–Crippen MR) is 88.7 cm³/mol. The van der Waals surface area contributed by atoms with Crippen molar-refractivity contribution in [3.05, 3.63) is 23.3 Å². The van der Waals surface area contributed by atoms with Crippen LogP contribution in [0.3, 0.4) is 0 Å². The van der Waals surface area contributed by atoms with Gasteiger partial charge >= 0.3 is 0 Å². The maximum atomic E-state index is 12.1. The van der Waals surface area contributed by atoms with Crippen molar-refractivity contribution in [2.45, 2.75) is 67.2 Å². The first-order valence-electron chi connectivity index (χ1n) is 7.93. The van der Waals surface area contributed by atoms with Crippen LogP contribution in [-0.2, 0) is 4.79 Å². The van der Waals surface area contributed by atoms with Crippen molar-refractivity contribution < 1.29 is 4.79 Å². The summed E-state index contributed by atoms with van der Waals surface area (Å²) in [6, 6.07) is 0. The average Bonchev–Trinajstić information content (AvgIpc) is 2.33. The molecule has 20 heavy (non-hydrogen) atoms. The summed E-state index contributed by atoms with van der Waals surface area (Å²) < 4.78 is 0. The van der Waals surface area contributed by atoms with Crippen LogP contribution in [0.2, 0.25) is 0 Å². The largest absolute Gasteiger partial charge is 0.339 e. The molecular formula is C18H33NO. The molecule has 2 nitrogen and oxygen atoms in total. The van der Waals surface area contributed by atoms with Crippen LogP contribution in [-0.4, -0.2) is 23.9 Å². The lowest BCUT2D eigenvalue weighted by Crippen LogP contribution is -2.34. The van der Waals surface area contributed by atoms with E-state index in [1.54, 1.807) is 0 Å². The molecule has 0 aromatic carbocycles. The average molecular weight is 279 g/mol. The zero-order valence-electron chi connectivity index (χ0n) is 14.3. The number of carbonyl (C=O) groups is 1. The maximum absolute atomic E-state index is 12.1. The smallest absolute Gasteiger partial charge is 0.222 e. The Morgan fingerprint density at radius 1 is 1.10 bits per heavy atom. The van der Waals surface area contributed by atoms with E-state index in [1.807, 2.05) is 4.90 Å². The summed E-state index contributed by atoms with van der Waals surface area (Å²) >= 11 is 0. The van der Waals surface area contributed by atoms with E-state index in [0.29, 0.717) is 12.3 Å². The molecular weight excluding hydrogens is 246 g/mol. The molecule has 0 N–H and O–H groups in total. The summed E-state index contributed by atoms with van der Waals surface area (Å²) in [5.41, 5.74) is 2.75. The van der Waals surface area contributed by atoms with Crippen LogP contribution in [0.25, 0.3) is 0 Å². The van der Waals surface area contributed by atoms with Gasteiger partial charge in [-0.05, 0) is 46.0 Å². The summed E-state index contributed by atoms with van der Waals surface area (Å²) in [7, 11) is 0. The summed E-state index contributed by atoms with van der Waals surface area (Å²) in [4.78, 5) is 14.1. The highest BCUT2D eigenvalue weighted by Crippen LogP contribution is 2.09. The van der Waals surface area contributed by atoms with Gasteiger partial charge in [-0.1, -0.05) is 44.1 Å². The van der Waals surface area contributed by atoms with Crippen LogP contribution in [0.5, 0.6) is 0 Å². The molecule has 0 aliphatic rings. The van der Waals surface area contributed by atoms with Crippen LogP contribution in [0.15, 0.2) is 23.3 Å². The molecule has 2 heteroatoms. The molecule has 0 saturated heterocycles. The normalized spacial score (nSPS) is 11.7. The van der Waals surface area contributed by atoms with Crippen LogP contribution in [0, 0.1) is 5.92 Å². The Labute approximate surface area is 125 Å². The fraction of sp³-hybridized carbons (Fsp3) is 0.722. The van der Waals surface area contributed by atoms with Crippen molar-refractivity contribution in [1.82, 2.24) is 4.90 Å². The zero-order chi connectivity index (χ0) is 15.5. The van der Waals surface area contributed by atoms with Gasteiger partial charge in [-0.3, -0.25) is 4.79 Å². The van der Waals surface area contributed by atoms with Crippen molar-refractivity contribution in [3.63, 3.8) is 0 Å². The minimum Gasteiger partial charge on any atom is -0.339 e. The lowest BCUT2D eigenvalue weighted by molar-refractivity contribution is -0.131. The Morgan fingerprint density at radius 2 is 1.75 bits per heavy atom. The van der Waals surface area contributed by atoms with Gasteiger partial charge in [0.1, 0.15) is 0 Å². The molecule has 0 aliphatic heterocycles. The first-order valence-corrected chi connectivity index (χ1v) is 7.93. The van der Waals surface area contributed by atoms with E-state index >= 15 is 0 Å². The Bertz CT molecular complexity index is 335. The Balaban J connectivity index is 4.41. The summed E-state index contributed by atoms with van der Waals surface area (Å²) in [6.07, 6.45) is 8.26. The lowest BCUT2D eigenvalue weighted by Gasteiger charge is -2.23. The van der Waals surface area contributed by atoms with Gasteiger partial charge in [0.2, 0.25) is 5.91 Å². The predicted octanol–water partition coefficient (Wildman–Crippen LogP) is 4.96. The Hall–Kier alpha value is -1.05. The van der Waals surface area contributed by atoms with Gasteiger partial charge in [-0.25, -0.2) is 0 Å². The fourth-order valence-corrected chi connectivity index (χ4v) is 2.05. The molecule has 0 aromatic rings. The van der Waals surface area contributed by atoms with Crippen LogP contribution in [0.4, 0.5) is 0 Å². The third-order valence-electron chi connectivity index (χ3n) is 3.15. The SMILES string of the molecule is CCCC(=O)N(C/C=C(\C)CCC=C(C)C)CC(C)C. The number of nitrogens with zero attached hydrogens (tertiary/aromatic N) is 1. The van der Waals surface area contributed by atoms with Gasteiger partial charge in [0, 0.05) is 19.5 Å². The van der Waals surface area contributed by atoms with Crippen molar-refractivity contribution in [1.29, 1.82) is 0 Å². The Kier molecular flexibility index (Phi) is 10.1. The van der Waals surface area contributed by atoms with E-state index in [2.05, 4.69) is 53.7 Å². The first kappa shape index (κ1) is 18.9. The number of hydrogen-bond acceptors (Lipinski definition) is 1. The van der Waals surface area contributed by atoms with E-state index in [1.165, 1.54) is 11.1 Å². The maximum Gasteiger partial charge on any atom is 0.222 e. The quantitative estimate of drug-likeness (QED) is 0.546. The van der Waals surface area contributed by atoms with Crippen LogP contribution in [0.1, 0.15) is 67.2 Å². The molecule has 0 radical (unpaired) electrons. The standard InChI is InChI=1S/C18H33NO/c1-7-9-18(20)19(14-16(4)5)13-12-17(6)11-8-10-15(2)3/h10,12,16H,7-9,11,13-14H2,1-6H3/b17-12+. The molecule has 0 atom stereocenters. The van der Waals surface area contributed by atoms with Gasteiger partial charge in [0.25, 0.3) is 0 Å². The minimum atomic E-state index is 0.287. The van der Waals surface area contributed by atoms with Gasteiger partial charge in [0.05, 0.1) is 0 Å². The number of rotatable bonds is 9. The summed E-state index contributed by atoms with van der Waals surface area (Å²) in [5, 5.41) is 0. The van der Waals surface area contributed by atoms with Crippen molar-refractivity contribution in [2.24, 2.45) is 5.92 Å². The van der Waals surface area contributed by atoms with E-state index in [4.69, 9.17) is 0 Å². The van der Waals surface area contributed by atoms with Gasteiger partial charge in [0.15, 0.2) is 0 Å². The van der Waals surface area contributed by atoms with Crippen LogP contribution < -0.4 is 0 Å². The number of hydrogen-bond donors (Lipinski definition) is 0. The fourth-order valence-electron chi connectivity index (χ4n) is 2.05.